The first-order valence-electron chi connectivity index (χ1n) is 27.4. The number of esters is 1. The molecule has 0 radical (unpaired) electrons. The van der Waals surface area contributed by atoms with Crippen LogP contribution < -0.4 is 5.32 Å². The van der Waals surface area contributed by atoms with Crippen LogP contribution in [0.3, 0.4) is 0 Å². The van der Waals surface area contributed by atoms with Gasteiger partial charge in [-0.2, -0.15) is 0 Å². The minimum atomic E-state index is -0.670. The van der Waals surface area contributed by atoms with Crippen LogP contribution in [-0.2, 0) is 14.3 Å². The first-order chi connectivity index (χ1) is 30.0. The molecule has 3 N–H and O–H groups in total. The minimum absolute atomic E-state index is 0.00908. The van der Waals surface area contributed by atoms with Gasteiger partial charge in [0, 0.05) is 12.8 Å². The number of rotatable bonds is 51. The summed E-state index contributed by atoms with van der Waals surface area (Å²) in [5, 5.41) is 23.2. The van der Waals surface area contributed by atoms with Crippen molar-refractivity contribution in [3.63, 3.8) is 0 Å². The zero-order chi connectivity index (χ0) is 44.4. The van der Waals surface area contributed by atoms with Gasteiger partial charge in [-0.05, 0) is 51.4 Å². The van der Waals surface area contributed by atoms with Crippen LogP contribution >= 0.6 is 0 Å². The van der Waals surface area contributed by atoms with E-state index in [0.29, 0.717) is 25.9 Å². The topological polar surface area (TPSA) is 95.9 Å². The lowest BCUT2D eigenvalue weighted by molar-refractivity contribution is -0.143. The maximum atomic E-state index is 12.5. The number of unbranched alkanes of at least 4 members (excludes halogenated alkanes) is 38. The molecule has 2 atom stereocenters. The smallest absolute Gasteiger partial charge is 0.305 e. The van der Waals surface area contributed by atoms with Crippen molar-refractivity contribution in [2.75, 3.05) is 13.2 Å². The van der Waals surface area contributed by atoms with E-state index in [2.05, 4.69) is 31.3 Å². The lowest BCUT2D eigenvalue weighted by atomic mass is 10.0. The van der Waals surface area contributed by atoms with Gasteiger partial charge in [0.25, 0.3) is 0 Å². The zero-order valence-corrected chi connectivity index (χ0v) is 41.2. The lowest BCUT2D eigenvalue weighted by Crippen LogP contribution is -2.45. The predicted octanol–water partition coefficient (Wildman–Crippen LogP) is 16.5. The van der Waals surface area contributed by atoms with Crippen LogP contribution in [0.5, 0.6) is 0 Å². The molecule has 362 valence electrons. The molecule has 0 heterocycles. The van der Waals surface area contributed by atoms with Crippen LogP contribution in [0.4, 0.5) is 0 Å². The Labute approximate surface area is 380 Å². The van der Waals surface area contributed by atoms with Gasteiger partial charge in [0.2, 0.25) is 5.91 Å². The highest BCUT2D eigenvalue weighted by atomic mass is 16.5. The maximum absolute atomic E-state index is 12.5. The van der Waals surface area contributed by atoms with Gasteiger partial charge >= 0.3 is 5.97 Å². The van der Waals surface area contributed by atoms with Crippen molar-refractivity contribution in [1.82, 2.24) is 5.32 Å². The molecule has 6 heteroatoms. The van der Waals surface area contributed by atoms with Crippen LogP contribution in [0.2, 0.25) is 0 Å². The number of carbonyl (C=O) groups excluding carboxylic acids is 2. The highest BCUT2D eigenvalue weighted by molar-refractivity contribution is 5.76. The van der Waals surface area contributed by atoms with E-state index in [9.17, 15) is 19.8 Å². The Kier molecular flexibility index (Phi) is 50.1. The Bertz CT molecular complexity index is 909. The Morgan fingerprint density at radius 3 is 1.16 bits per heavy atom. The molecule has 0 saturated heterocycles. The summed E-state index contributed by atoms with van der Waals surface area (Å²) in [6, 6.07) is -0.548. The zero-order valence-electron chi connectivity index (χ0n) is 41.2. The number of aliphatic hydroxyl groups is 2. The number of amides is 1. The fraction of sp³-hybridized carbons (Fsp3) is 0.927. The summed E-state index contributed by atoms with van der Waals surface area (Å²) in [7, 11) is 0. The second kappa shape index (κ2) is 51.2. The molecule has 0 aromatic rings. The Balaban J connectivity index is 3.43. The van der Waals surface area contributed by atoms with Crippen LogP contribution in [0.15, 0.2) is 12.2 Å². The van der Waals surface area contributed by atoms with Gasteiger partial charge in [0.15, 0.2) is 0 Å². The largest absolute Gasteiger partial charge is 0.466 e. The molecule has 0 spiro atoms. The normalized spacial score (nSPS) is 12.7. The first kappa shape index (κ1) is 59.6. The van der Waals surface area contributed by atoms with E-state index in [1.54, 1.807) is 0 Å². The molecule has 0 aromatic heterocycles. The molecule has 1 amide bonds. The highest BCUT2D eigenvalue weighted by Gasteiger charge is 2.20. The number of hydrogen-bond donors (Lipinski definition) is 3. The third-order valence-electron chi connectivity index (χ3n) is 12.8. The number of aliphatic hydroxyl groups excluding tert-OH is 2. The van der Waals surface area contributed by atoms with Gasteiger partial charge < -0.3 is 20.3 Å². The van der Waals surface area contributed by atoms with Crippen molar-refractivity contribution in [2.24, 2.45) is 0 Å². The summed E-state index contributed by atoms with van der Waals surface area (Å²) >= 11 is 0. The third-order valence-corrected chi connectivity index (χ3v) is 12.8. The molecule has 0 aliphatic heterocycles. The third kappa shape index (κ3) is 47.9. The van der Waals surface area contributed by atoms with E-state index in [1.165, 1.54) is 218 Å². The van der Waals surface area contributed by atoms with Crippen molar-refractivity contribution in [2.45, 2.75) is 315 Å². The predicted molar refractivity (Wildman–Crippen MR) is 264 cm³/mol. The van der Waals surface area contributed by atoms with E-state index in [4.69, 9.17) is 4.74 Å². The Hall–Kier alpha value is -1.40. The molecule has 0 rings (SSSR count). The molecule has 61 heavy (non-hydrogen) atoms. The number of hydrogen-bond acceptors (Lipinski definition) is 5. The number of carbonyl (C=O) groups is 2. The van der Waals surface area contributed by atoms with Gasteiger partial charge in [-0.15, -0.1) is 0 Å². The maximum Gasteiger partial charge on any atom is 0.305 e. The standard InChI is InChI=1S/C55H107NO5/c1-3-5-7-9-11-13-15-17-19-20-25-29-33-37-41-45-49-55(60)61-50-46-42-38-34-30-26-22-21-24-28-32-36-40-44-48-54(59)56-52(51-57)53(58)47-43-39-35-31-27-23-18-16-14-12-10-8-6-4-2/h19-20,52-53,57-58H,3-18,21-51H2,1-2H3,(H,56,59)/b20-19-. The van der Waals surface area contributed by atoms with E-state index in [-0.39, 0.29) is 18.5 Å². The van der Waals surface area contributed by atoms with Gasteiger partial charge in [-0.1, -0.05) is 251 Å². The van der Waals surface area contributed by atoms with Gasteiger partial charge in [-0.3, -0.25) is 9.59 Å². The fourth-order valence-electron chi connectivity index (χ4n) is 8.58. The van der Waals surface area contributed by atoms with Crippen LogP contribution in [0, 0.1) is 0 Å². The number of allylic oxidation sites excluding steroid dienone is 2. The van der Waals surface area contributed by atoms with E-state index in [1.807, 2.05) is 0 Å². The second-order valence-corrected chi connectivity index (χ2v) is 18.9. The Morgan fingerprint density at radius 1 is 0.443 bits per heavy atom. The first-order valence-corrected chi connectivity index (χ1v) is 27.4. The Morgan fingerprint density at radius 2 is 0.770 bits per heavy atom. The molecule has 0 saturated carbocycles. The number of nitrogens with one attached hydrogen (secondary N) is 1. The van der Waals surface area contributed by atoms with Gasteiger partial charge in [0.1, 0.15) is 0 Å². The summed E-state index contributed by atoms with van der Waals surface area (Å²) in [5.74, 6) is -0.0536. The van der Waals surface area contributed by atoms with E-state index >= 15 is 0 Å². The SMILES string of the molecule is CCCCCCCCC/C=C\CCCCCCCC(=O)OCCCCCCCCCCCCCCCCC(=O)NC(CO)C(O)CCCCCCCCCCCCCCCC. The lowest BCUT2D eigenvalue weighted by Gasteiger charge is -2.22. The van der Waals surface area contributed by atoms with Crippen molar-refractivity contribution in [1.29, 1.82) is 0 Å². The molecule has 0 bridgehead atoms. The summed E-state index contributed by atoms with van der Waals surface area (Å²) < 4.78 is 5.47. The van der Waals surface area contributed by atoms with Crippen molar-refractivity contribution in [3.8, 4) is 0 Å². The van der Waals surface area contributed by atoms with Crippen molar-refractivity contribution >= 4 is 11.9 Å². The summed E-state index contributed by atoms with van der Waals surface area (Å²) in [5.41, 5.74) is 0. The van der Waals surface area contributed by atoms with E-state index < -0.39 is 12.1 Å². The average Bonchev–Trinajstić information content (AvgIpc) is 3.26. The fourth-order valence-corrected chi connectivity index (χ4v) is 8.58. The summed E-state index contributed by atoms with van der Waals surface area (Å²) in [6.07, 6.45) is 59.0. The molecule has 2 unspecified atom stereocenters. The molecule has 0 aliphatic rings. The van der Waals surface area contributed by atoms with Crippen LogP contribution in [0.25, 0.3) is 0 Å². The highest BCUT2D eigenvalue weighted by Crippen LogP contribution is 2.17. The van der Waals surface area contributed by atoms with Crippen molar-refractivity contribution in [3.05, 3.63) is 12.2 Å². The number of ether oxygens (including phenoxy) is 1. The molecule has 0 aromatic carbocycles. The van der Waals surface area contributed by atoms with Crippen LogP contribution in [-0.4, -0.2) is 47.4 Å². The summed E-state index contributed by atoms with van der Waals surface area (Å²) in [6.45, 7) is 4.93. The minimum Gasteiger partial charge on any atom is -0.466 e. The van der Waals surface area contributed by atoms with Crippen LogP contribution in [0.1, 0.15) is 303 Å². The molecule has 0 aliphatic carbocycles. The average molecular weight is 862 g/mol. The monoisotopic (exact) mass is 862 g/mol. The summed E-state index contributed by atoms with van der Waals surface area (Å²) in [4.78, 5) is 24.5. The molecule has 0 fully saturated rings. The van der Waals surface area contributed by atoms with Crippen molar-refractivity contribution < 1.29 is 24.5 Å². The molecular weight excluding hydrogens is 755 g/mol. The van der Waals surface area contributed by atoms with Gasteiger partial charge in [-0.25, -0.2) is 0 Å². The van der Waals surface area contributed by atoms with Gasteiger partial charge in [0.05, 0.1) is 25.4 Å². The molecular formula is C55H107NO5. The second-order valence-electron chi connectivity index (χ2n) is 18.9. The molecule has 6 nitrogen and oxygen atoms in total. The quantitative estimate of drug-likeness (QED) is 0.0322. The van der Waals surface area contributed by atoms with E-state index in [0.717, 1.165) is 51.4 Å².